The summed E-state index contributed by atoms with van der Waals surface area (Å²) in [5, 5.41) is 4.44. The molecule has 0 heterocycles. The molecule has 3 aromatic carbocycles. The third-order valence-corrected chi connectivity index (χ3v) is 10.3. The fraction of sp³-hybridized carbons (Fsp3) is 0.345. The quantitative estimate of drug-likeness (QED) is 0.396. The molecule has 0 bridgehead atoms. The Morgan fingerprint density at radius 1 is 0.533 bits per heavy atom. The maximum atomic E-state index is 2.80. The van der Waals surface area contributed by atoms with Gasteiger partial charge in [-0.3, -0.25) is 0 Å². The van der Waals surface area contributed by atoms with Crippen molar-refractivity contribution in [1.82, 2.24) is 0 Å². The summed E-state index contributed by atoms with van der Waals surface area (Å²) < 4.78 is 0. The molecule has 0 unspecified atom stereocenters. The van der Waals surface area contributed by atoms with Crippen molar-refractivity contribution in [2.75, 3.05) is 0 Å². The highest BCUT2D eigenvalue weighted by atomic mass is 31.2. The van der Waals surface area contributed by atoms with Gasteiger partial charge in [0.2, 0.25) is 0 Å². The first-order valence-electron chi connectivity index (χ1n) is 11.8. The lowest BCUT2D eigenvalue weighted by Gasteiger charge is -2.31. The van der Waals surface area contributed by atoms with Gasteiger partial charge in [-0.1, -0.05) is 143 Å². The summed E-state index contributed by atoms with van der Waals surface area (Å²) in [5.41, 5.74) is 0. The molecule has 0 saturated heterocycles. The van der Waals surface area contributed by atoms with Gasteiger partial charge in [0.15, 0.2) is 0 Å². The minimum absolute atomic E-state index is 0.703. The van der Waals surface area contributed by atoms with E-state index >= 15 is 0 Å². The average molecular weight is 417 g/mol. The molecule has 3 aromatic rings. The molecule has 1 aliphatic rings. The maximum absolute atomic E-state index is 2.80. The van der Waals surface area contributed by atoms with Crippen LogP contribution in [0, 0.1) is 5.92 Å². The van der Waals surface area contributed by atoms with E-state index in [9.17, 15) is 0 Å². The van der Waals surface area contributed by atoms with E-state index in [0.717, 1.165) is 0 Å². The lowest BCUT2D eigenvalue weighted by atomic mass is 9.93. The molecule has 1 fully saturated rings. The van der Waals surface area contributed by atoms with Crippen LogP contribution in [0.4, 0.5) is 0 Å². The maximum Gasteiger partial charge on any atom is -0.0163 e. The third kappa shape index (κ3) is 5.35. The van der Waals surface area contributed by atoms with Crippen LogP contribution >= 0.6 is 6.89 Å². The Hall–Kier alpha value is -2.04. The van der Waals surface area contributed by atoms with Crippen LogP contribution in [0.3, 0.4) is 0 Å². The average Bonchev–Trinajstić information content (AvgIpc) is 2.82. The van der Waals surface area contributed by atoms with Gasteiger partial charge >= 0.3 is 0 Å². The van der Waals surface area contributed by atoms with Gasteiger partial charge in [-0.2, -0.15) is 0 Å². The van der Waals surface area contributed by atoms with Crippen molar-refractivity contribution in [3.63, 3.8) is 0 Å². The minimum atomic E-state index is -1.78. The van der Waals surface area contributed by atoms with Crippen molar-refractivity contribution < 1.29 is 0 Å². The fourth-order valence-electron chi connectivity index (χ4n) is 4.65. The molecule has 0 amide bonds. The molecule has 0 atom stereocenters. The van der Waals surface area contributed by atoms with Crippen LogP contribution in [0.2, 0.25) is 0 Å². The summed E-state index contributed by atoms with van der Waals surface area (Å²) in [4.78, 5) is 0. The second-order valence-electron chi connectivity index (χ2n) is 7.98. The fourth-order valence-corrected chi connectivity index (χ4v) is 8.92. The zero-order valence-electron chi connectivity index (χ0n) is 18.7. The third-order valence-electron chi connectivity index (χ3n) is 6.07. The lowest BCUT2D eigenvalue weighted by Crippen LogP contribution is -2.28. The molecule has 1 heteroatoms. The summed E-state index contributed by atoms with van der Waals surface area (Å²) in [6, 6.07) is 33.8. The normalized spacial score (nSPS) is 15.3. The van der Waals surface area contributed by atoms with Crippen molar-refractivity contribution in [3.05, 3.63) is 91.0 Å². The van der Waals surface area contributed by atoms with E-state index in [2.05, 4.69) is 96.8 Å². The first kappa shape index (κ1) is 22.6. The highest BCUT2D eigenvalue weighted by Crippen LogP contribution is 2.45. The largest absolute Gasteiger partial charge is 0.0711 e. The van der Waals surface area contributed by atoms with Gasteiger partial charge in [0.25, 0.3) is 0 Å². The number of benzene rings is 3. The predicted molar refractivity (Wildman–Crippen MR) is 138 cm³/mol. The van der Waals surface area contributed by atoms with Gasteiger partial charge in [-0.25, -0.2) is 0 Å². The molecular formula is C29H37P. The van der Waals surface area contributed by atoms with Crippen LogP contribution in [-0.2, 0) is 0 Å². The van der Waals surface area contributed by atoms with Gasteiger partial charge in [0, 0.05) is 0 Å². The molecular weight excluding hydrogens is 379 g/mol. The van der Waals surface area contributed by atoms with E-state index in [1.54, 1.807) is 0 Å². The first-order chi connectivity index (χ1) is 14.9. The van der Waals surface area contributed by atoms with Crippen LogP contribution < -0.4 is 15.9 Å². The van der Waals surface area contributed by atoms with E-state index in [4.69, 9.17) is 0 Å². The van der Waals surface area contributed by atoms with Crippen LogP contribution in [0.5, 0.6) is 0 Å². The summed E-state index contributed by atoms with van der Waals surface area (Å²) in [7, 11) is 0. The molecule has 4 rings (SSSR count). The van der Waals surface area contributed by atoms with Crippen LogP contribution in [0.15, 0.2) is 91.0 Å². The van der Waals surface area contributed by atoms with Crippen molar-refractivity contribution >= 4 is 28.6 Å². The lowest BCUT2D eigenvalue weighted by molar-refractivity contribution is 0.459. The molecule has 0 radical (unpaired) electrons. The van der Waals surface area contributed by atoms with Gasteiger partial charge < -0.3 is 0 Å². The highest BCUT2D eigenvalue weighted by molar-refractivity contribution is 7.94. The smallest absolute Gasteiger partial charge is 0.0163 e. The monoisotopic (exact) mass is 416 g/mol. The molecule has 0 N–H and O–H groups in total. The molecule has 1 aliphatic carbocycles. The Kier molecular flexibility index (Phi) is 9.03. The van der Waals surface area contributed by atoms with Gasteiger partial charge in [0.05, 0.1) is 0 Å². The van der Waals surface area contributed by atoms with E-state index in [1.165, 1.54) is 60.9 Å². The summed E-state index contributed by atoms with van der Waals surface area (Å²) in [5.74, 6) is 3.51. The topological polar surface area (TPSA) is 0 Å². The molecule has 0 aromatic heterocycles. The van der Waals surface area contributed by atoms with Crippen LogP contribution in [0.25, 0.3) is 0 Å². The van der Waals surface area contributed by atoms with Crippen molar-refractivity contribution in [3.8, 4) is 0 Å². The van der Waals surface area contributed by atoms with Crippen LogP contribution in [0.1, 0.15) is 58.8 Å². The molecule has 0 spiro atoms. The summed E-state index contributed by atoms with van der Waals surface area (Å²) in [6.07, 6.45) is 9.65. The van der Waals surface area contributed by atoms with Gasteiger partial charge in [-0.05, 0) is 41.6 Å². The Labute approximate surface area is 184 Å². The van der Waals surface area contributed by atoms with E-state index in [1.807, 2.05) is 13.8 Å². The zero-order chi connectivity index (χ0) is 21.1. The van der Waals surface area contributed by atoms with Gasteiger partial charge in [-0.15, -0.1) is 0 Å². The second-order valence-corrected chi connectivity index (χ2v) is 11.3. The van der Waals surface area contributed by atoms with Crippen LogP contribution in [-0.4, -0.2) is 5.80 Å². The van der Waals surface area contributed by atoms with Crippen molar-refractivity contribution in [2.45, 2.75) is 58.8 Å². The highest BCUT2D eigenvalue weighted by Gasteiger charge is 2.26. The second kappa shape index (κ2) is 12.0. The van der Waals surface area contributed by atoms with Gasteiger partial charge in [0.1, 0.15) is 0 Å². The SMILES string of the molecule is C(C1CCCCCCC1)=P(c1ccccc1)(c1ccccc1)c1ccccc1.CC. The minimum Gasteiger partial charge on any atom is -0.0711 e. The molecule has 0 nitrogen and oxygen atoms in total. The molecule has 30 heavy (non-hydrogen) atoms. The van der Waals surface area contributed by atoms with E-state index < -0.39 is 6.89 Å². The first-order valence-corrected chi connectivity index (χ1v) is 13.7. The Bertz CT molecular complexity index is 785. The molecule has 0 aliphatic heterocycles. The Morgan fingerprint density at radius 3 is 1.23 bits per heavy atom. The van der Waals surface area contributed by atoms with E-state index in [-0.39, 0.29) is 0 Å². The Balaban J connectivity index is 0.00000124. The molecule has 158 valence electrons. The zero-order valence-corrected chi connectivity index (χ0v) is 19.6. The van der Waals surface area contributed by atoms with Crippen molar-refractivity contribution in [2.24, 2.45) is 5.92 Å². The number of rotatable bonds is 4. The number of hydrogen-bond donors (Lipinski definition) is 0. The molecule has 1 saturated carbocycles. The summed E-state index contributed by atoms with van der Waals surface area (Å²) >= 11 is 0. The predicted octanol–water partition coefficient (Wildman–Crippen LogP) is 7.17. The Morgan fingerprint density at radius 2 is 0.867 bits per heavy atom. The van der Waals surface area contributed by atoms with E-state index in [0.29, 0.717) is 5.92 Å². The number of hydrogen-bond acceptors (Lipinski definition) is 0. The van der Waals surface area contributed by atoms with Crippen molar-refractivity contribution in [1.29, 1.82) is 0 Å². The summed E-state index contributed by atoms with van der Waals surface area (Å²) in [6.45, 7) is 2.22. The standard InChI is InChI=1S/C27H31P.C2H6/c1-2-7-15-24(16-8-3-1)23-28(25-17-9-4-10-18-25,26-19-11-5-12-20-26)27-21-13-6-14-22-27;1-2/h4-6,9-14,17-24H,1-3,7-8,15-16H2;1-2H3.